The lowest BCUT2D eigenvalue weighted by Crippen LogP contribution is -2.59. The Morgan fingerprint density at radius 2 is 1.79 bits per heavy atom. The van der Waals surface area contributed by atoms with Gasteiger partial charge in [-0.1, -0.05) is 13.8 Å². The molecule has 0 aromatic rings. The Morgan fingerprint density at radius 1 is 1.11 bits per heavy atom. The van der Waals surface area contributed by atoms with Gasteiger partial charge in [0.05, 0.1) is 0 Å². The van der Waals surface area contributed by atoms with Gasteiger partial charge in [-0.25, -0.2) is 0 Å². The minimum atomic E-state index is 0.304. The van der Waals surface area contributed by atoms with E-state index in [2.05, 4.69) is 30.7 Å². The normalized spacial score (nSPS) is 30.5. The van der Waals surface area contributed by atoms with Crippen LogP contribution in [0.25, 0.3) is 0 Å². The minimum Gasteiger partial charge on any atom is -0.329 e. The van der Waals surface area contributed by atoms with Crippen LogP contribution in [0.3, 0.4) is 0 Å². The Morgan fingerprint density at radius 3 is 2.37 bits per heavy atom. The van der Waals surface area contributed by atoms with Crippen LogP contribution in [0.1, 0.15) is 46.0 Å². The summed E-state index contributed by atoms with van der Waals surface area (Å²) in [6.07, 6.45) is 6.66. The Labute approximate surface area is 119 Å². The molecular weight excluding hydrogens is 234 g/mol. The minimum absolute atomic E-state index is 0.304. The number of likely N-dealkylation sites (tertiary alicyclic amines) is 2. The molecule has 0 aliphatic carbocycles. The predicted octanol–water partition coefficient (Wildman–Crippen LogP) is 2.17. The van der Waals surface area contributed by atoms with Crippen molar-refractivity contribution in [2.24, 2.45) is 17.6 Å². The van der Waals surface area contributed by atoms with Crippen LogP contribution >= 0.6 is 0 Å². The summed E-state index contributed by atoms with van der Waals surface area (Å²) < 4.78 is 0. The van der Waals surface area contributed by atoms with E-state index in [-0.39, 0.29) is 0 Å². The Balaban J connectivity index is 1.99. The summed E-state index contributed by atoms with van der Waals surface area (Å²) in [4.78, 5) is 5.20. The average molecular weight is 267 g/mol. The van der Waals surface area contributed by atoms with Gasteiger partial charge in [0.25, 0.3) is 0 Å². The molecular formula is C16H33N3. The van der Waals surface area contributed by atoms with Crippen molar-refractivity contribution in [1.82, 2.24) is 9.80 Å². The summed E-state index contributed by atoms with van der Waals surface area (Å²) in [5.41, 5.74) is 6.50. The molecule has 3 heteroatoms. The molecule has 0 bridgehead atoms. The van der Waals surface area contributed by atoms with Crippen molar-refractivity contribution in [2.75, 3.05) is 39.8 Å². The number of hydrogen-bond acceptors (Lipinski definition) is 3. The second kappa shape index (κ2) is 6.55. The number of rotatable bonds is 3. The van der Waals surface area contributed by atoms with Crippen molar-refractivity contribution in [2.45, 2.75) is 51.5 Å². The third kappa shape index (κ3) is 3.50. The molecule has 2 fully saturated rings. The molecule has 2 aliphatic heterocycles. The monoisotopic (exact) mass is 267 g/mol. The van der Waals surface area contributed by atoms with E-state index >= 15 is 0 Å². The summed E-state index contributed by atoms with van der Waals surface area (Å²) in [7, 11) is 2.23. The first kappa shape index (κ1) is 15.3. The van der Waals surface area contributed by atoms with Crippen LogP contribution in [0.15, 0.2) is 0 Å². The highest BCUT2D eigenvalue weighted by atomic mass is 15.2. The fourth-order valence-electron chi connectivity index (χ4n) is 3.95. The van der Waals surface area contributed by atoms with Crippen LogP contribution in [0.4, 0.5) is 0 Å². The first-order valence-electron chi connectivity index (χ1n) is 8.21. The van der Waals surface area contributed by atoms with Crippen molar-refractivity contribution in [3.8, 4) is 0 Å². The third-order valence-electron chi connectivity index (χ3n) is 5.68. The van der Waals surface area contributed by atoms with Crippen molar-refractivity contribution in [3.05, 3.63) is 0 Å². The molecule has 2 heterocycles. The van der Waals surface area contributed by atoms with Crippen LogP contribution < -0.4 is 5.73 Å². The van der Waals surface area contributed by atoms with E-state index in [1.165, 1.54) is 58.3 Å². The van der Waals surface area contributed by atoms with Crippen molar-refractivity contribution in [1.29, 1.82) is 0 Å². The topological polar surface area (TPSA) is 32.5 Å². The van der Waals surface area contributed by atoms with Gasteiger partial charge in [0.1, 0.15) is 0 Å². The Bertz CT molecular complexity index is 269. The summed E-state index contributed by atoms with van der Waals surface area (Å²) in [5, 5.41) is 0. The van der Waals surface area contributed by atoms with Gasteiger partial charge < -0.3 is 10.6 Å². The summed E-state index contributed by atoms with van der Waals surface area (Å²) in [6, 6.07) is 0. The number of piperidine rings is 1. The Kier molecular flexibility index (Phi) is 5.27. The van der Waals surface area contributed by atoms with Gasteiger partial charge in [-0.2, -0.15) is 0 Å². The first-order valence-corrected chi connectivity index (χ1v) is 8.21. The van der Waals surface area contributed by atoms with Gasteiger partial charge in [-0.3, -0.25) is 4.90 Å². The maximum absolute atomic E-state index is 6.20. The molecule has 1 unspecified atom stereocenters. The van der Waals surface area contributed by atoms with Crippen molar-refractivity contribution >= 4 is 0 Å². The fourth-order valence-corrected chi connectivity index (χ4v) is 3.95. The van der Waals surface area contributed by atoms with Crippen LogP contribution in [0.5, 0.6) is 0 Å². The van der Waals surface area contributed by atoms with Gasteiger partial charge >= 0.3 is 0 Å². The van der Waals surface area contributed by atoms with E-state index in [0.717, 1.165) is 18.4 Å². The maximum atomic E-state index is 6.20. The smallest absolute Gasteiger partial charge is 0.0356 e. The molecule has 3 nitrogen and oxygen atoms in total. The molecule has 19 heavy (non-hydrogen) atoms. The molecule has 112 valence electrons. The van der Waals surface area contributed by atoms with Gasteiger partial charge in [-0.05, 0) is 77.2 Å². The zero-order valence-corrected chi connectivity index (χ0v) is 13.2. The molecule has 1 atom stereocenters. The highest BCUT2D eigenvalue weighted by molar-refractivity contribution is 4.96. The van der Waals surface area contributed by atoms with Crippen LogP contribution in [-0.4, -0.2) is 55.1 Å². The van der Waals surface area contributed by atoms with E-state index in [9.17, 15) is 0 Å². The lowest BCUT2D eigenvalue weighted by Gasteiger charge is -2.47. The molecule has 2 saturated heterocycles. The van der Waals surface area contributed by atoms with E-state index in [1.54, 1.807) is 0 Å². The molecule has 0 aromatic heterocycles. The lowest BCUT2D eigenvalue weighted by molar-refractivity contribution is 0.0351. The fraction of sp³-hybridized carbons (Fsp3) is 1.00. The molecule has 0 amide bonds. The molecule has 2 aliphatic rings. The van der Waals surface area contributed by atoms with E-state index in [4.69, 9.17) is 5.73 Å². The van der Waals surface area contributed by atoms with Gasteiger partial charge in [0, 0.05) is 12.1 Å². The highest BCUT2D eigenvalue weighted by Crippen LogP contribution is 2.32. The summed E-state index contributed by atoms with van der Waals surface area (Å²) in [5.74, 6) is 1.76. The number of nitrogens with zero attached hydrogens (tertiary/aromatic N) is 2. The first-order chi connectivity index (χ1) is 9.07. The van der Waals surface area contributed by atoms with Crippen LogP contribution in [0, 0.1) is 11.8 Å². The van der Waals surface area contributed by atoms with E-state index in [1.807, 2.05) is 0 Å². The zero-order chi connectivity index (χ0) is 13.9. The standard InChI is InChI=1S/C16H33N3/c1-14(2)15-5-4-9-19(10-6-15)16(13-17)7-11-18(3)12-8-16/h14-15H,4-13,17H2,1-3H3. The molecule has 0 spiro atoms. The van der Waals surface area contributed by atoms with E-state index in [0.29, 0.717) is 5.54 Å². The van der Waals surface area contributed by atoms with Crippen LogP contribution in [-0.2, 0) is 0 Å². The van der Waals surface area contributed by atoms with Crippen LogP contribution in [0.2, 0.25) is 0 Å². The molecule has 0 aromatic carbocycles. The number of hydrogen-bond donors (Lipinski definition) is 1. The molecule has 0 saturated carbocycles. The average Bonchev–Trinajstić information content (AvgIpc) is 2.66. The quantitative estimate of drug-likeness (QED) is 0.850. The van der Waals surface area contributed by atoms with Gasteiger partial charge in [0.2, 0.25) is 0 Å². The SMILES string of the molecule is CC(C)C1CCCN(C2(CN)CCN(C)CC2)CC1. The summed E-state index contributed by atoms with van der Waals surface area (Å²) >= 11 is 0. The van der Waals surface area contributed by atoms with E-state index < -0.39 is 0 Å². The summed E-state index contributed by atoms with van der Waals surface area (Å²) in [6.45, 7) is 10.6. The van der Waals surface area contributed by atoms with Gasteiger partial charge in [-0.15, -0.1) is 0 Å². The lowest BCUT2D eigenvalue weighted by atomic mass is 9.85. The molecule has 0 radical (unpaired) electrons. The van der Waals surface area contributed by atoms with Gasteiger partial charge in [0.15, 0.2) is 0 Å². The highest BCUT2D eigenvalue weighted by Gasteiger charge is 2.38. The molecule has 2 N–H and O–H groups in total. The molecule has 2 rings (SSSR count). The second-order valence-electron chi connectivity index (χ2n) is 7.15. The third-order valence-corrected chi connectivity index (χ3v) is 5.68. The predicted molar refractivity (Wildman–Crippen MR) is 82.3 cm³/mol. The zero-order valence-electron chi connectivity index (χ0n) is 13.2. The Hall–Kier alpha value is -0.120. The largest absolute Gasteiger partial charge is 0.329 e. The van der Waals surface area contributed by atoms with Crippen molar-refractivity contribution < 1.29 is 0 Å². The number of nitrogens with two attached hydrogens (primary N) is 1. The second-order valence-corrected chi connectivity index (χ2v) is 7.15. The van der Waals surface area contributed by atoms with Crippen molar-refractivity contribution in [3.63, 3.8) is 0 Å². The maximum Gasteiger partial charge on any atom is 0.0356 e.